The van der Waals surface area contributed by atoms with Crippen LogP contribution >= 0.6 is 0 Å². The van der Waals surface area contributed by atoms with E-state index in [1.807, 2.05) is 30.6 Å². The van der Waals surface area contributed by atoms with Gasteiger partial charge < -0.3 is 28.8 Å². The molecule has 1 aliphatic heterocycles. The maximum Gasteiger partial charge on any atom is 0.335 e. The van der Waals surface area contributed by atoms with Crippen molar-refractivity contribution < 1.29 is 37.3 Å². The van der Waals surface area contributed by atoms with Crippen LogP contribution in [-0.2, 0) is 28.3 Å². The normalized spacial score (nSPS) is 13.3. The number of hydrogen-bond donors (Lipinski definition) is 2. The van der Waals surface area contributed by atoms with E-state index < -0.39 is 27.8 Å². The summed E-state index contributed by atoms with van der Waals surface area (Å²) in [6, 6.07) is 14.4. The molecule has 3 aromatic carbocycles. The summed E-state index contributed by atoms with van der Waals surface area (Å²) in [5.41, 5.74) is 3.30. The van der Waals surface area contributed by atoms with E-state index in [0.717, 1.165) is 11.3 Å². The number of rotatable bonds is 10. The van der Waals surface area contributed by atoms with Crippen molar-refractivity contribution in [3.63, 3.8) is 0 Å². The maximum atomic E-state index is 14.3. The molecule has 1 aromatic heterocycles. The highest BCUT2D eigenvalue weighted by molar-refractivity contribution is 7.90. The molecule has 1 amide bonds. The van der Waals surface area contributed by atoms with Crippen molar-refractivity contribution in [2.24, 2.45) is 7.05 Å². The molecule has 12 heteroatoms. The average molecular weight is 608 g/mol. The molecule has 0 saturated heterocycles. The van der Waals surface area contributed by atoms with Gasteiger partial charge in [0.25, 0.3) is 10.0 Å². The number of amides is 1. The van der Waals surface area contributed by atoms with Gasteiger partial charge in [0.05, 0.1) is 18.6 Å². The van der Waals surface area contributed by atoms with E-state index in [1.165, 1.54) is 19.2 Å². The Morgan fingerprint density at radius 1 is 1.07 bits per heavy atom. The summed E-state index contributed by atoms with van der Waals surface area (Å²) in [7, 11) is 2.66. The highest BCUT2D eigenvalue weighted by Gasteiger charge is 2.34. The summed E-state index contributed by atoms with van der Waals surface area (Å²) in [6.07, 6.45) is 0.503. The number of carboxylic acid groups (broad SMARTS) is 1. The predicted octanol–water partition coefficient (Wildman–Crippen LogP) is 3.66. The second kappa shape index (κ2) is 11.6. The second-order valence-electron chi connectivity index (χ2n) is 10.7. The number of methoxy groups -OCH3 is 1. The number of nitrogens with one attached hydrogen (secondary N) is 1. The molecule has 1 unspecified atom stereocenters. The number of fused-ring (bicyclic) bond motifs is 2. The number of ether oxygens (including phenoxy) is 3. The lowest BCUT2D eigenvalue weighted by atomic mass is 9.87. The standard InChI is InChI=1S/C31H33N3O8S/c1-18-6-11-27(26(14-18)40-5)43(38,39)32-30(35)28(19-8-10-24-25(16-19)42-17-41-24)29-21-9-7-20(31(36)37)15-23(21)34(4)22(29)12-13-33(2)3/h6-11,14-16,28H,12-13,17H2,1-5H3,(H,32,35)(H,36,37). The quantitative estimate of drug-likeness (QED) is 0.277. The van der Waals surface area contributed by atoms with Gasteiger partial charge in [0.2, 0.25) is 12.7 Å². The van der Waals surface area contributed by atoms with Crippen LogP contribution in [0.15, 0.2) is 59.5 Å². The minimum Gasteiger partial charge on any atom is -0.495 e. The number of likely N-dealkylation sites (N-methyl/N-ethyl adjacent to an activating group) is 1. The molecule has 0 aliphatic carbocycles. The molecule has 1 aliphatic rings. The number of carboxylic acids is 1. The molecular weight excluding hydrogens is 574 g/mol. The lowest BCUT2D eigenvalue weighted by Gasteiger charge is -2.21. The Morgan fingerprint density at radius 3 is 2.51 bits per heavy atom. The lowest BCUT2D eigenvalue weighted by molar-refractivity contribution is -0.119. The first-order valence-corrected chi connectivity index (χ1v) is 15.0. The fourth-order valence-electron chi connectivity index (χ4n) is 5.39. The highest BCUT2D eigenvalue weighted by atomic mass is 32.2. The molecule has 11 nitrogen and oxygen atoms in total. The van der Waals surface area contributed by atoms with Crippen molar-refractivity contribution in [1.82, 2.24) is 14.2 Å². The first-order chi connectivity index (χ1) is 20.4. The summed E-state index contributed by atoms with van der Waals surface area (Å²) in [5, 5.41) is 10.3. The van der Waals surface area contributed by atoms with Gasteiger partial charge in [-0.2, -0.15) is 0 Å². The van der Waals surface area contributed by atoms with Gasteiger partial charge in [-0.05, 0) is 74.1 Å². The number of carbonyl (C=O) groups is 2. The van der Waals surface area contributed by atoms with E-state index in [1.54, 1.807) is 49.4 Å². The van der Waals surface area contributed by atoms with Crippen molar-refractivity contribution in [2.45, 2.75) is 24.2 Å². The monoisotopic (exact) mass is 607 g/mol. The fraction of sp³-hybridized carbons (Fsp3) is 0.290. The molecule has 2 heterocycles. The van der Waals surface area contributed by atoms with Gasteiger partial charge in [-0.3, -0.25) is 4.79 Å². The molecule has 0 fully saturated rings. The van der Waals surface area contributed by atoms with E-state index in [9.17, 15) is 23.1 Å². The number of aryl methyl sites for hydroxylation is 2. The number of sulfonamides is 1. The lowest BCUT2D eigenvalue weighted by Crippen LogP contribution is -2.36. The van der Waals surface area contributed by atoms with Crippen LogP contribution in [-0.4, -0.2) is 69.4 Å². The molecule has 0 saturated carbocycles. The highest BCUT2D eigenvalue weighted by Crippen LogP contribution is 2.41. The summed E-state index contributed by atoms with van der Waals surface area (Å²) < 4.78 is 47.8. The molecule has 0 bridgehead atoms. The predicted molar refractivity (Wildman–Crippen MR) is 160 cm³/mol. The number of aromatic carboxylic acids is 1. The minimum absolute atomic E-state index is 0.0254. The van der Waals surface area contributed by atoms with Gasteiger partial charge in [-0.25, -0.2) is 17.9 Å². The van der Waals surface area contributed by atoms with Crippen molar-refractivity contribution in [3.05, 3.63) is 82.5 Å². The van der Waals surface area contributed by atoms with Crippen molar-refractivity contribution in [2.75, 3.05) is 34.5 Å². The Bertz CT molecular complexity index is 1850. The van der Waals surface area contributed by atoms with Crippen molar-refractivity contribution in [3.8, 4) is 17.2 Å². The number of aromatic nitrogens is 1. The van der Waals surface area contributed by atoms with E-state index in [0.29, 0.717) is 46.5 Å². The Morgan fingerprint density at radius 2 is 1.81 bits per heavy atom. The number of hydrogen-bond acceptors (Lipinski definition) is 8. The third-order valence-corrected chi connectivity index (χ3v) is 8.92. The summed E-state index contributed by atoms with van der Waals surface area (Å²) >= 11 is 0. The zero-order chi connectivity index (χ0) is 31.1. The van der Waals surface area contributed by atoms with Gasteiger partial charge >= 0.3 is 5.97 Å². The molecule has 43 heavy (non-hydrogen) atoms. The van der Waals surface area contributed by atoms with Crippen LogP contribution in [0.2, 0.25) is 0 Å². The Hall–Kier alpha value is -4.55. The summed E-state index contributed by atoms with van der Waals surface area (Å²) in [5.74, 6) is -1.93. The molecule has 0 spiro atoms. The Labute approximate surface area is 249 Å². The number of carbonyl (C=O) groups excluding carboxylic acids is 1. The molecule has 4 aromatic rings. The van der Waals surface area contributed by atoms with Gasteiger partial charge in [-0.1, -0.05) is 18.2 Å². The van der Waals surface area contributed by atoms with Crippen LogP contribution in [0, 0.1) is 6.92 Å². The van der Waals surface area contributed by atoms with Crippen LogP contribution in [0.25, 0.3) is 10.9 Å². The largest absolute Gasteiger partial charge is 0.495 e. The topological polar surface area (TPSA) is 136 Å². The van der Waals surface area contributed by atoms with Crippen LogP contribution in [0.5, 0.6) is 17.2 Å². The van der Waals surface area contributed by atoms with Crippen LogP contribution in [0.3, 0.4) is 0 Å². The number of benzene rings is 3. The van der Waals surface area contributed by atoms with Crippen molar-refractivity contribution in [1.29, 1.82) is 0 Å². The maximum absolute atomic E-state index is 14.3. The second-order valence-corrected chi connectivity index (χ2v) is 12.3. The van der Waals surface area contributed by atoms with E-state index in [-0.39, 0.29) is 23.0 Å². The van der Waals surface area contributed by atoms with Gasteiger partial charge in [0, 0.05) is 36.6 Å². The molecular formula is C31H33N3O8S. The average Bonchev–Trinajstić information content (AvgIpc) is 3.53. The molecule has 5 rings (SSSR count). The third kappa shape index (κ3) is 5.75. The number of nitrogens with zero attached hydrogens (tertiary/aromatic N) is 2. The SMILES string of the molecule is COc1cc(C)ccc1S(=O)(=O)NC(=O)C(c1ccc2c(c1)OCO2)c1c(CCN(C)C)n(C)c2cc(C(=O)O)ccc12. The molecule has 226 valence electrons. The zero-order valence-electron chi connectivity index (χ0n) is 24.5. The third-order valence-electron chi connectivity index (χ3n) is 7.53. The van der Waals surface area contributed by atoms with Gasteiger partial charge in [0.1, 0.15) is 10.6 Å². The first-order valence-electron chi connectivity index (χ1n) is 13.5. The van der Waals surface area contributed by atoms with Gasteiger partial charge in [-0.15, -0.1) is 0 Å². The van der Waals surface area contributed by atoms with E-state index in [4.69, 9.17) is 14.2 Å². The van der Waals surface area contributed by atoms with E-state index in [2.05, 4.69) is 4.72 Å². The summed E-state index contributed by atoms with van der Waals surface area (Å²) in [6.45, 7) is 2.45. The smallest absolute Gasteiger partial charge is 0.335 e. The molecule has 1 atom stereocenters. The minimum atomic E-state index is -4.37. The molecule has 2 N–H and O–H groups in total. The van der Waals surface area contributed by atoms with Gasteiger partial charge in [0.15, 0.2) is 11.5 Å². The van der Waals surface area contributed by atoms with Crippen molar-refractivity contribution >= 4 is 32.8 Å². The van der Waals surface area contributed by atoms with Crippen LogP contribution in [0.4, 0.5) is 0 Å². The van der Waals surface area contributed by atoms with Crippen LogP contribution in [0.1, 0.15) is 38.7 Å². The first kappa shape index (κ1) is 29.9. The molecule has 0 radical (unpaired) electrons. The zero-order valence-corrected chi connectivity index (χ0v) is 25.3. The Kier molecular flexibility index (Phi) is 8.08. The summed E-state index contributed by atoms with van der Waals surface area (Å²) in [4.78, 5) is 27.9. The Balaban J connectivity index is 1.71. The van der Waals surface area contributed by atoms with E-state index >= 15 is 0 Å². The fourth-order valence-corrected chi connectivity index (χ4v) is 6.54. The van der Waals surface area contributed by atoms with Crippen LogP contribution < -0.4 is 18.9 Å².